The average molecular weight is 301 g/mol. The van der Waals surface area contributed by atoms with Crippen molar-refractivity contribution in [2.75, 3.05) is 5.73 Å². The van der Waals surface area contributed by atoms with Crippen molar-refractivity contribution in [1.82, 2.24) is 0 Å². The molecular weight excluding hydrogens is 292 g/mol. The van der Waals surface area contributed by atoms with Gasteiger partial charge in [0.25, 0.3) is 0 Å². The van der Waals surface area contributed by atoms with E-state index in [9.17, 15) is 4.39 Å². The van der Waals surface area contributed by atoms with E-state index in [1.165, 1.54) is 0 Å². The second-order valence-corrected chi connectivity index (χ2v) is 4.58. The smallest absolute Gasteiger partial charge is 0.150 e. The molecule has 0 unspecified atom stereocenters. The molecule has 0 saturated carbocycles. The van der Waals surface area contributed by atoms with Gasteiger partial charge < -0.3 is 5.73 Å². The first-order chi connectivity index (χ1) is 7.59. The largest absolute Gasteiger partial charge is 0.399 e. The standard InChI is InChI=1S/C12H8BrClFN/c13-10-6-5-9(12(15)11(10)14)7-1-3-8(16)4-2-7/h1-6H,16H2. The predicted molar refractivity (Wildman–Crippen MR) is 69.0 cm³/mol. The van der Waals surface area contributed by atoms with Crippen LogP contribution in [0.5, 0.6) is 0 Å². The normalized spacial score (nSPS) is 10.4. The molecule has 0 bridgehead atoms. The van der Waals surface area contributed by atoms with E-state index in [4.69, 9.17) is 17.3 Å². The molecule has 2 aromatic carbocycles. The fourth-order valence-electron chi connectivity index (χ4n) is 1.41. The Balaban J connectivity index is 2.57. The van der Waals surface area contributed by atoms with Gasteiger partial charge in [0, 0.05) is 15.7 Å². The van der Waals surface area contributed by atoms with Crippen LogP contribution in [-0.2, 0) is 0 Å². The van der Waals surface area contributed by atoms with Crippen molar-refractivity contribution in [3.8, 4) is 11.1 Å². The Bertz CT molecular complexity index is 525. The lowest BCUT2D eigenvalue weighted by Gasteiger charge is -2.06. The molecule has 0 fully saturated rings. The van der Waals surface area contributed by atoms with Gasteiger partial charge in [-0.2, -0.15) is 0 Å². The molecule has 0 aliphatic carbocycles. The Labute approximate surface area is 106 Å². The predicted octanol–water partition coefficient (Wildman–Crippen LogP) is 4.49. The van der Waals surface area contributed by atoms with Crippen LogP contribution in [0.1, 0.15) is 0 Å². The lowest BCUT2D eigenvalue weighted by molar-refractivity contribution is 0.631. The Morgan fingerprint density at radius 2 is 1.69 bits per heavy atom. The van der Waals surface area contributed by atoms with E-state index in [1.54, 1.807) is 36.4 Å². The zero-order valence-electron chi connectivity index (χ0n) is 8.18. The quantitative estimate of drug-likeness (QED) is 0.609. The third-order valence-corrected chi connectivity index (χ3v) is 3.52. The summed E-state index contributed by atoms with van der Waals surface area (Å²) >= 11 is 8.99. The number of hydrogen-bond donors (Lipinski definition) is 1. The summed E-state index contributed by atoms with van der Waals surface area (Å²) in [7, 11) is 0. The van der Waals surface area contributed by atoms with Crippen LogP contribution in [-0.4, -0.2) is 0 Å². The van der Waals surface area contributed by atoms with Crippen LogP contribution in [0, 0.1) is 5.82 Å². The van der Waals surface area contributed by atoms with Crippen LogP contribution < -0.4 is 5.73 Å². The van der Waals surface area contributed by atoms with Crippen molar-refractivity contribution in [3.63, 3.8) is 0 Å². The van der Waals surface area contributed by atoms with E-state index in [1.807, 2.05) is 0 Å². The highest BCUT2D eigenvalue weighted by atomic mass is 79.9. The third-order valence-electron chi connectivity index (χ3n) is 2.26. The summed E-state index contributed by atoms with van der Waals surface area (Å²) in [6, 6.07) is 10.4. The minimum Gasteiger partial charge on any atom is -0.399 e. The van der Waals surface area contributed by atoms with Crippen molar-refractivity contribution in [2.45, 2.75) is 0 Å². The highest BCUT2D eigenvalue weighted by molar-refractivity contribution is 9.10. The fourth-order valence-corrected chi connectivity index (χ4v) is 1.88. The van der Waals surface area contributed by atoms with E-state index in [2.05, 4.69) is 15.9 Å². The first-order valence-electron chi connectivity index (χ1n) is 4.59. The van der Waals surface area contributed by atoms with Gasteiger partial charge in [0.15, 0.2) is 5.82 Å². The molecule has 0 aromatic heterocycles. The summed E-state index contributed by atoms with van der Waals surface area (Å²) in [6.45, 7) is 0. The van der Waals surface area contributed by atoms with Crippen molar-refractivity contribution < 1.29 is 4.39 Å². The Morgan fingerprint density at radius 1 is 1.06 bits per heavy atom. The zero-order valence-corrected chi connectivity index (χ0v) is 10.5. The number of nitrogens with two attached hydrogens (primary N) is 1. The zero-order chi connectivity index (χ0) is 11.7. The first kappa shape index (κ1) is 11.4. The monoisotopic (exact) mass is 299 g/mol. The third kappa shape index (κ3) is 2.06. The van der Waals surface area contributed by atoms with Gasteiger partial charge in [-0.3, -0.25) is 0 Å². The molecule has 0 aliphatic rings. The molecule has 82 valence electrons. The number of hydrogen-bond acceptors (Lipinski definition) is 1. The summed E-state index contributed by atoms with van der Waals surface area (Å²) in [5, 5.41) is 0.0920. The minimum absolute atomic E-state index is 0.0920. The molecule has 0 amide bonds. The van der Waals surface area contributed by atoms with Gasteiger partial charge in [-0.25, -0.2) is 4.39 Å². The maximum atomic E-state index is 13.9. The van der Waals surface area contributed by atoms with Gasteiger partial charge in [-0.05, 0) is 39.7 Å². The first-order valence-corrected chi connectivity index (χ1v) is 5.76. The lowest BCUT2D eigenvalue weighted by Crippen LogP contribution is -1.88. The average Bonchev–Trinajstić information content (AvgIpc) is 2.28. The molecular formula is C12H8BrClFN. The highest BCUT2D eigenvalue weighted by Gasteiger charge is 2.11. The summed E-state index contributed by atoms with van der Waals surface area (Å²) in [4.78, 5) is 0. The highest BCUT2D eigenvalue weighted by Crippen LogP contribution is 2.33. The lowest BCUT2D eigenvalue weighted by atomic mass is 10.1. The number of rotatable bonds is 1. The van der Waals surface area contributed by atoms with Crippen LogP contribution in [0.2, 0.25) is 5.02 Å². The van der Waals surface area contributed by atoms with E-state index in [0.29, 0.717) is 15.7 Å². The molecule has 0 aliphatic heterocycles. The van der Waals surface area contributed by atoms with Crippen molar-refractivity contribution in [2.24, 2.45) is 0 Å². The maximum absolute atomic E-state index is 13.9. The van der Waals surface area contributed by atoms with E-state index < -0.39 is 5.82 Å². The van der Waals surface area contributed by atoms with Crippen LogP contribution >= 0.6 is 27.5 Å². The minimum atomic E-state index is -0.430. The molecule has 0 heterocycles. The van der Waals surface area contributed by atoms with Crippen LogP contribution in [0.15, 0.2) is 40.9 Å². The van der Waals surface area contributed by atoms with Crippen molar-refractivity contribution in [3.05, 3.63) is 51.7 Å². The van der Waals surface area contributed by atoms with Gasteiger partial charge in [0.2, 0.25) is 0 Å². The Morgan fingerprint density at radius 3 is 2.31 bits per heavy atom. The van der Waals surface area contributed by atoms with Gasteiger partial charge in [0.05, 0.1) is 5.02 Å². The number of halogens is 3. The Hall–Kier alpha value is -1.06. The van der Waals surface area contributed by atoms with E-state index in [-0.39, 0.29) is 5.02 Å². The second kappa shape index (κ2) is 4.44. The molecule has 0 spiro atoms. The van der Waals surface area contributed by atoms with Gasteiger partial charge in [0.1, 0.15) is 0 Å². The number of benzene rings is 2. The molecule has 2 aromatic rings. The number of nitrogen functional groups attached to an aromatic ring is 1. The van der Waals surface area contributed by atoms with Crippen molar-refractivity contribution in [1.29, 1.82) is 0 Å². The summed E-state index contributed by atoms with van der Waals surface area (Å²) in [6.07, 6.45) is 0. The molecule has 2 rings (SSSR count). The summed E-state index contributed by atoms with van der Waals surface area (Å²) in [5.74, 6) is -0.430. The summed E-state index contributed by atoms with van der Waals surface area (Å²) in [5.41, 5.74) is 7.43. The molecule has 0 saturated heterocycles. The van der Waals surface area contributed by atoms with Gasteiger partial charge >= 0.3 is 0 Å². The van der Waals surface area contributed by atoms with Gasteiger partial charge in [-0.15, -0.1) is 0 Å². The topological polar surface area (TPSA) is 26.0 Å². The number of anilines is 1. The molecule has 4 heteroatoms. The SMILES string of the molecule is Nc1ccc(-c2ccc(Br)c(Cl)c2F)cc1. The molecule has 16 heavy (non-hydrogen) atoms. The van der Waals surface area contributed by atoms with Crippen LogP contribution in [0.4, 0.5) is 10.1 Å². The fraction of sp³-hybridized carbons (Fsp3) is 0. The second-order valence-electron chi connectivity index (χ2n) is 3.34. The Kier molecular flexibility index (Phi) is 3.17. The van der Waals surface area contributed by atoms with Gasteiger partial charge in [-0.1, -0.05) is 29.8 Å². The van der Waals surface area contributed by atoms with E-state index in [0.717, 1.165) is 5.56 Å². The molecule has 1 nitrogen and oxygen atoms in total. The molecule has 0 radical (unpaired) electrons. The molecule has 0 atom stereocenters. The van der Waals surface area contributed by atoms with Crippen LogP contribution in [0.3, 0.4) is 0 Å². The summed E-state index contributed by atoms with van der Waals surface area (Å²) < 4.78 is 14.4. The molecule has 2 N–H and O–H groups in total. The van der Waals surface area contributed by atoms with E-state index >= 15 is 0 Å². The van der Waals surface area contributed by atoms with Crippen molar-refractivity contribution >= 4 is 33.2 Å². The van der Waals surface area contributed by atoms with Crippen LogP contribution in [0.25, 0.3) is 11.1 Å². The maximum Gasteiger partial charge on any atom is 0.150 e.